The van der Waals surface area contributed by atoms with Crippen LogP contribution in [0.4, 0.5) is 0 Å². The lowest BCUT2D eigenvalue weighted by atomic mass is 9.91. The molecule has 0 unspecified atom stereocenters. The van der Waals surface area contributed by atoms with Gasteiger partial charge in [-0.05, 0) is 11.4 Å². The van der Waals surface area contributed by atoms with Crippen molar-refractivity contribution in [2.45, 2.75) is 40.0 Å². The molecule has 130 valence electrons. The highest BCUT2D eigenvalue weighted by Gasteiger charge is 2.22. The van der Waals surface area contributed by atoms with Crippen molar-refractivity contribution >= 4 is 23.2 Å². The minimum atomic E-state index is -0.356. The molecule has 1 aromatic rings. The number of carbonyl (C=O) groups excluding carboxylic acids is 1. The van der Waals surface area contributed by atoms with Crippen LogP contribution in [0.1, 0.15) is 39.5 Å². The second-order valence-electron chi connectivity index (χ2n) is 7.22. The van der Waals surface area contributed by atoms with Gasteiger partial charge in [0.2, 0.25) is 5.91 Å². The van der Waals surface area contributed by atoms with Gasteiger partial charge in [0.1, 0.15) is 0 Å². The first-order valence-corrected chi connectivity index (χ1v) is 8.81. The summed E-state index contributed by atoms with van der Waals surface area (Å²) in [6, 6.07) is 4.23. The number of guanidine groups is 1. The Morgan fingerprint density at radius 2 is 1.78 bits per heavy atom. The minimum absolute atomic E-state index is 0.0479. The van der Waals surface area contributed by atoms with Crippen molar-refractivity contribution in [2.24, 2.45) is 10.4 Å². The topological polar surface area (TPSA) is 65.5 Å². The SMILES string of the molecule is CN=C(NCCNC(=O)C(C)(C)C)NCC(C)(C)c1cccs1. The van der Waals surface area contributed by atoms with Gasteiger partial charge in [-0.2, -0.15) is 0 Å². The molecular weight excluding hydrogens is 308 g/mol. The molecule has 0 saturated heterocycles. The number of nitrogens with zero attached hydrogens (tertiary/aromatic N) is 1. The van der Waals surface area contributed by atoms with Crippen molar-refractivity contribution < 1.29 is 4.79 Å². The van der Waals surface area contributed by atoms with E-state index in [2.05, 4.69) is 52.3 Å². The Bertz CT molecular complexity index is 515. The van der Waals surface area contributed by atoms with E-state index >= 15 is 0 Å². The van der Waals surface area contributed by atoms with E-state index in [1.54, 1.807) is 18.4 Å². The normalized spacial score (nSPS) is 12.9. The van der Waals surface area contributed by atoms with Crippen molar-refractivity contribution in [2.75, 3.05) is 26.7 Å². The molecule has 0 bridgehead atoms. The van der Waals surface area contributed by atoms with E-state index in [1.807, 2.05) is 20.8 Å². The quantitative estimate of drug-likeness (QED) is 0.424. The van der Waals surface area contributed by atoms with Crippen LogP contribution in [-0.4, -0.2) is 38.5 Å². The van der Waals surface area contributed by atoms with Gasteiger partial charge in [0.15, 0.2) is 5.96 Å². The maximum atomic E-state index is 11.8. The third-order valence-corrected chi connectivity index (χ3v) is 4.73. The highest BCUT2D eigenvalue weighted by atomic mass is 32.1. The number of nitrogens with one attached hydrogen (secondary N) is 3. The van der Waals surface area contributed by atoms with Crippen molar-refractivity contribution in [3.63, 3.8) is 0 Å². The molecular formula is C17H30N4OS. The fourth-order valence-electron chi connectivity index (χ4n) is 1.90. The summed E-state index contributed by atoms with van der Waals surface area (Å²) in [5.74, 6) is 0.806. The monoisotopic (exact) mass is 338 g/mol. The van der Waals surface area contributed by atoms with Gasteiger partial charge in [0.25, 0.3) is 0 Å². The molecule has 1 rings (SSSR count). The molecule has 0 aromatic carbocycles. The lowest BCUT2D eigenvalue weighted by molar-refractivity contribution is -0.128. The molecule has 0 aliphatic carbocycles. The molecule has 3 N–H and O–H groups in total. The average molecular weight is 339 g/mol. The number of carbonyl (C=O) groups is 1. The highest BCUT2D eigenvalue weighted by Crippen LogP contribution is 2.26. The van der Waals surface area contributed by atoms with Crippen molar-refractivity contribution in [3.8, 4) is 0 Å². The lowest BCUT2D eigenvalue weighted by Gasteiger charge is -2.25. The van der Waals surface area contributed by atoms with Crippen LogP contribution in [0, 0.1) is 5.41 Å². The maximum absolute atomic E-state index is 11.8. The Labute approximate surface area is 144 Å². The number of hydrogen-bond acceptors (Lipinski definition) is 3. The van der Waals surface area contributed by atoms with Gasteiger partial charge in [-0.3, -0.25) is 9.79 Å². The molecule has 1 amide bonds. The van der Waals surface area contributed by atoms with Crippen LogP contribution in [0.25, 0.3) is 0 Å². The second-order valence-corrected chi connectivity index (χ2v) is 8.17. The molecule has 0 saturated carbocycles. The van der Waals surface area contributed by atoms with E-state index in [9.17, 15) is 4.79 Å². The third-order valence-electron chi connectivity index (χ3n) is 3.49. The number of aliphatic imine (C=N–C) groups is 1. The molecule has 0 atom stereocenters. The van der Waals surface area contributed by atoms with Crippen molar-refractivity contribution in [1.82, 2.24) is 16.0 Å². The number of hydrogen-bond donors (Lipinski definition) is 3. The standard InChI is InChI=1S/C17H30N4OS/c1-16(2,3)14(22)19-9-10-20-15(18-6)21-12-17(4,5)13-8-7-11-23-13/h7-8,11H,9-10,12H2,1-6H3,(H,19,22)(H2,18,20,21). The van der Waals surface area contributed by atoms with Crippen LogP contribution >= 0.6 is 11.3 Å². The summed E-state index contributed by atoms with van der Waals surface area (Å²) in [7, 11) is 1.75. The first kappa shape index (κ1) is 19.5. The van der Waals surface area contributed by atoms with Crippen LogP contribution < -0.4 is 16.0 Å². The summed E-state index contributed by atoms with van der Waals surface area (Å²) in [5, 5.41) is 11.6. The van der Waals surface area contributed by atoms with E-state index in [0.29, 0.717) is 13.1 Å². The Hall–Kier alpha value is -1.56. The molecule has 23 heavy (non-hydrogen) atoms. The van der Waals surface area contributed by atoms with Gasteiger partial charge in [0.05, 0.1) is 0 Å². The summed E-state index contributed by atoms with van der Waals surface area (Å²) in [4.78, 5) is 17.4. The Morgan fingerprint density at radius 3 is 2.30 bits per heavy atom. The first-order valence-electron chi connectivity index (χ1n) is 7.93. The molecule has 0 spiro atoms. The van der Waals surface area contributed by atoms with E-state index in [4.69, 9.17) is 0 Å². The predicted molar refractivity (Wildman–Crippen MR) is 99.2 cm³/mol. The second kappa shape index (κ2) is 8.34. The zero-order valence-corrected chi connectivity index (χ0v) is 15.9. The van der Waals surface area contributed by atoms with E-state index in [-0.39, 0.29) is 16.7 Å². The van der Waals surface area contributed by atoms with Gasteiger partial charge in [-0.25, -0.2) is 0 Å². The smallest absolute Gasteiger partial charge is 0.225 e. The van der Waals surface area contributed by atoms with Gasteiger partial charge in [-0.1, -0.05) is 40.7 Å². The largest absolute Gasteiger partial charge is 0.356 e. The Morgan fingerprint density at radius 1 is 1.13 bits per heavy atom. The predicted octanol–water partition coefficient (Wildman–Crippen LogP) is 2.35. The summed E-state index contributed by atoms with van der Waals surface area (Å²) < 4.78 is 0. The highest BCUT2D eigenvalue weighted by molar-refractivity contribution is 7.10. The zero-order chi connectivity index (χ0) is 17.5. The third kappa shape index (κ3) is 6.60. The van der Waals surface area contributed by atoms with E-state index < -0.39 is 0 Å². The van der Waals surface area contributed by atoms with Gasteiger partial charge in [-0.15, -0.1) is 11.3 Å². The van der Waals surface area contributed by atoms with Crippen LogP contribution in [0.5, 0.6) is 0 Å². The minimum Gasteiger partial charge on any atom is -0.356 e. The fraction of sp³-hybridized carbons (Fsp3) is 0.647. The molecule has 6 heteroatoms. The fourth-order valence-corrected chi connectivity index (χ4v) is 2.75. The van der Waals surface area contributed by atoms with E-state index in [0.717, 1.165) is 12.5 Å². The van der Waals surface area contributed by atoms with E-state index in [1.165, 1.54) is 4.88 Å². The molecule has 0 radical (unpaired) electrons. The molecule has 1 heterocycles. The number of rotatable bonds is 6. The average Bonchev–Trinajstić information content (AvgIpc) is 3.00. The van der Waals surface area contributed by atoms with Crippen LogP contribution in [-0.2, 0) is 10.2 Å². The molecule has 0 aliphatic rings. The van der Waals surface area contributed by atoms with Crippen molar-refractivity contribution in [3.05, 3.63) is 22.4 Å². The molecule has 0 fully saturated rings. The summed E-state index contributed by atoms with van der Waals surface area (Å²) in [5.41, 5.74) is -0.309. The lowest BCUT2D eigenvalue weighted by Crippen LogP contribution is -2.46. The summed E-state index contributed by atoms with van der Waals surface area (Å²) in [6.45, 7) is 12.1. The van der Waals surface area contributed by atoms with Crippen LogP contribution in [0.2, 0.25) is 0 Å². The molecule has 1 aromatic heterocycles. The van der Waals surface area contributed by atoms with Gasteiger partial charge >= 0.3 is 0 Å². The molecule has 0 aliphatic heterocycles. The number of thiophene rings is 1. The Kier molecular flexibility index (Phi) is 7.06. The number of amides is 1. The van der Waals surface area contributed by atoms with Gasteiger partial charge < -0.3 is 16.0 Å². The van der Waals surface area contributed by atoms with Crippen LogP contribution in [0.15, 0.2) is 22.5 Å². The summed E-state index contributed by atoms with van der Waals surface area (Å²) in [6.07, 6.45) is 0. The Balaban J connectivity index is 2.34. The first-order chi connectivity index (χ1) is 10.7. The van der Waals surface area contributed by atoms with Gasteiger partial charge in [0, 0.05) is 42.4 Å². The summed E-state index contributed by atoms with van der Waals surface area (Å²) >= 11 is 1.77. The zero-order valence-electron chi connectivity index (χ0n) is 15.1. The maximum Gasteiger partial charge on any atom is 0.225 e. The molecule has 5 nitrogen and oxygen atoms in total. The van der Waals surface area contributed by atoms with Crippen LogP contribution in [0.3, 0.4) is 0 Å². The van der Waals surface area contributed by atoms with Crippen molar-refractivity contribution in [1.29, 1.82) is 0 Å².